The predicted octanol–water partition coefficient (Wildman–Crippen LogP) is 2.32. The van der Waals surface area contributed by atoms with Crippen LogP contribution in [0.3, 0.4) is 0 Å². The van der Waals surface area contributed by atoms with Crippen LogP contribution < -0.4 is 16.8 Å². The van der Waals surface area contributed by atoms with Gasteiger partial charge in [-0.05, 0) is 56.2 Å². The predicted molar refractivity (Wildman–Crippen MR) is 94.0 cm³/mol. The second-order valence-electron chi connectivity index (χ2n) is 6.59. The van der Waals surface area contributed by atoms with Crippen LogP contribution in [0.2, 0.25) is 0 Å². The van der Waals surface area contributed by atoms with E-state index >= 15 is 0 Å². The number of pyridine rings is 1. The average molecular weight is 330 g/mol. The van der Waals surface area contributed by atoms with Crippen LogP contribution in [0.15, 0.2) is 0 Å². The van der Waals surface area contributed by atoms with Crippen molar-refractivity contribution in [3.05, 3.63) is 21.7 Å². The molecule has 1 unspecified atom stereocenters. The molecule has 1 atom stereocenters. The van der Waals surface area contributed by atoms with Crippen LogP contribution in [0, 0.1) is 0 Å². The molecule has 1 saturated heterocycles. The Morgan fingerprint density at radius 1 is 1.22 bits per heavy atom. The quantitative estimate of drug-likeness (QED) is 0.787. The summed E-state index contributed by atoms with van der Waals surface area (Å²) in [6.07, 6.45) is 6.86. The highest BCUT2D eigenvalue weighted by Gasteiger charge is 2.28. The van der Waals surface area contributed by atoms with Gasteiger partial charge < -0.3 is 16.8 Å². The lowest BCUT2D eigenvalue weighted by Gasteiger charge is -2.27. The maximum Gasteiger partial charge on any atom is 0.260 e. The van der Waals surface area contributed by atoms with Crippen LogP contribution in [-0.4, -0.2) is 24.0 Å². The lowest BCUT2D eigenvalue weighted by Crippen LogP contribution is -2.30. The standard InChI is InChI=1S/C17H22N4OS/c18-13-12-10-5-1-2-6-11(10)14(9-4-3-7-20-8-9)21-17(12)23-15(13)16(19)22/h9,20H,1-8,18H2,(H2,19,22). The number of fused-ring (bicyclic) bond motifs is 3. The van der Waals surface area contributed by atoms with Gasteiger partial charge in [-0.1, -0.05) is 0 Å². The Hall–Kier alpha value is -1.66. The Morgan fingerprint density at radius 3 is 2.70 bits per heavy atom. The molecule has 6 heteroatoms. The van der Waals surface area contributed by atoms with Crippen LogP contribution in [0.4, 0.5) is 5.69 Å². The molecule has 0 saturated carbocycles. The molecular weight excluding hydrogens is 308 g/mol. The van der Waals surface area contributed by atoms with Crippen LogP contribution in [0.25, 0.3) is 10.2 Å². The van der Waals surface area contributed by atoms with Crippen molar-refractivity contribution in [1.82, 2.24) is 10.3 Å². The summed E-state index contributed by atoms with van der Waals surface area (Å²) in [5, 5.41) is 4.48. The first-order chi connectivity index (χ1) is 11.2. The molecule has 2 aromatic heterocycles. The number of carbonyl (C=O) groups excluding carboxylic acids is 1. The van der Waals surface area contributed by atoms with E-state index in [-0.39, 0.29) is 0 Å². The smallest absolute Gasteiger partial charge is 0.260 e. The van der Waals surface area contributed by atoms with Gasteiger partial charge in [0.05, 0.1) is 5.69 Å². The summed E-state index contributed by atoms with van der Waals surface area (Å²) in [4.78, 5) is 18.0. The number of carbonyl (C=O) groups is 1. The number of thiophene rings is 1. The maximum absolute atomic E-state index is 11.7. The molecule has 4 rings (SSSR count). The lowest BCUT2D eigenvalue weighted by molar-refractivity contribution is 0.100. The summed E-state index contributed by atoms with van der Waals surface area (Å²) in [5.41, 5.74) is 16.2. The first kappa shape index (κ1) is 14.9. The minimum absolute atomic E-state index is 0.448. The number of piperidine rings is 1. The fourth-order valence-electron chi connectivity index (χ4n) is 4.05. The fourth-order valence-corrected chi connectivity index (χ4v) is 5.03. The van der Waals surface area contributed by atoms with Crippen molar-refractivity contribution in [2.24, 2.45) is 5.73 Å². The van der Waals surface area contributed by atoms with E-state index in [0.717, 1.165) is 36.1 Å². The van der Waals surface area contributed by atoms with Crippen LogP contribution >= 0.6 is 11.3 Å². The topological polar surface area (TPSA) is 94.0 Å². The summed E-state index contributed by atoms with van der Waals surface area (Å²) in [5.74, 6) is 0.0243. The van der Waals surface area contributed by atoms with Crippen LogP contribution in [-0.2, 0) is 12.8 Å². The number of aromatic nitrogens is 1. The van der Waals surface area contributed by atoms with E-state index in [9.17, 15) is 4.79 Å². The minimum Gasteiger partial charge on any atom is -0.397 e. The van der Waals surface area contributed by atoms with Crippen LogP contribution in [0.5, 0.6) is 0 Å². The van der Waals surface area contributed by atoms with Crippen LogP contribution in [0.1, 0.15) is 58.1 Å². The number of nitrogens with one attached hydrogen (secondary N) is 1. The monoisotopic (exact) mass is 330 g/mol. The van der Waals surface area contributed by atoms with E-state index in [0.29, 0.717) is 16.5 Å². The second kappa shape index (κ2) is 5.76. The Bertz CT molecular complexity index is 777. The summed E-state index contributed by atoms with van der Waals surface area (Å²) in [7, 11) is 0. The fraction of sp³-hybridized carbons (Fsp3) is 0.529. The zero-order valence-corrected chi connectivity index (χ0v) is 14.0. The van der Waals surface area contributed by atoms with Crippen molar-refractivity contribution in [1.29, 1.82) is 0 Å². The number of primary amides is 1. The first-order valence-corrected chi connectivity index (χ1v) is 9.22. The van der Waals surface area contributed by atoms with Gasteiger partial charge >= 0.3 is 0 Å². The molecular formula is C17H22N4OS. The van der Waals surface area contributed by atoms with Gasteiger partial charge in [-0.3, -0.25) is 4.79 Å². The lowest BCUT2D eigenvalue weighted by atomic mass is 9.83. The normalized spacial score (nSPS) is 21.3. The third kappa shape index (κ3) is 2.40. The molecule has 1 aliphatic heterocycles. The molecule has 0 radical (unpaired) electrons. The van der Waals surface area contributed by atoms with E-state index in [2.05, 4.69) is 5.32 Å². The first-order valence-electron chi connectivity index (χ1n) is 8.41. The SMILES string of the molecule is NC(=O)c1sc2nc(C3CCCNC3)c3c(c2c1N)CCCC3. The number of amides is 1. The number of rotatable bonds is 2. The number of nitrogens with zero attached hydrogens (tertiary/aromatic N) is 1. The van der Waals surface area contributed by atoms with E-state index in [1.54, 1.807) is 0 Å². The van der Waals surface area contributed by atoms with Crippen molar-refractivity contribution in [3.8, 4) is 0 Å². The maximum atomic E-state index is 11.7. The molecule has 0 spiro atoms. The van der Waals surface area contributed by atoms with Crippen molar-refractivity contribution in [2.45, 2.75) is 44.4 Å². The Morgan fingerprint density at radius 2 is 2.00 bits per heavy atom. The highest BCUT2D eigenvalue weighted by molar-refractivity contribution is 7.21. The number of hydrogen-bond donors (Lipinski definition) is 3. The molecule has 3 heterocycles. The van der Waals surface area contributed by atoms with Gasteiger partial charge in [0.2, 0.25) is 0 Å². The van der Waals surface area contributed by atoms with Gasteiger partial charge in [0.25, 0.3) is 5.91 Å². The number of nitrogens with two attached hydrogens (primary N) is 2. The van der Waals surface area contributed by atoms with Gasteiger partial charge in [0, 0.05) is 23.5 Å². The van der Waals surface area contributed by atoms with E-state index in [1.165, 1.54) is 53.8 Å². The zero-order valence-electron chi connectivity index (χ0n) is 13.2. The largest absolute Gasteiger partial charge is 0.397 e. The third-order valence-electron chi connectivity index (χ3n) is 5.13. The van der Waals surface area contributed by atoms with Crippen molar-refractivity contribution in [2.75, 3.05) is 18.8 Å². The van der Waals surface area contributed by atoms with Gasteiger partial charge in [-0.15, -0.1) is 11.3 Å². The van der Waals surface area contributed by atoms with E-state index < -0.39 is 5.91 Å². The summed E-state index contributed by atoms with van der Waals surface area (Å²) in [6.45, 7) is 2.09. The average Bonchev–Trinajstić information content (AvgIpc) is 2.92. The van der Waals surface area contributed by atoms with Crippen molar-refractivity contribution >= 4 is 33.1 Å². The Labute approximate surface area is 139 Å². The molecule has 1 aliphatic carbocycles. The molecule has 0 bridgehead atoms. The highest BCUT2D eigenvalue weighted by Crippen LogP contribution is 2.41. The number of nitrogen functional groups attached to an aromatic ring is 1. The number of anilines is 1. The Kier molecular flexibility index (Phi) is 3.73. The molecule has 2 aliphatic rings. The van der Waals surface area contributed by atoms with E-state index in [1.807, 2.05) is 0 Å². The van der Waals surface area contributed by atoms with Gasteiger partial charge in [0.15, 0.2) is 0 Å². The number of hydrogen-bond acceptors (Lipinski definition) is 5. The zero-order chi connectivity index (χ0) is 16.0. The molecule has 1 amide bonds. The molecule has 5 nitrogen and oxygen atoms in total. The van der Waals surface area contributed by atoms with Gasteiger partial charge in [0.1, 0.15) is 9.71 Å². The van der Waals surface area contributed by atoms with Gasteiger partial charge in [-0.25, -0.2) is 4.98 Å². The summed E-state index contributed by atoms with van der Waals surface area (Å²) >= 11 is 1.35. The molecule has 0 aromatic carbocycles. The number of aryl methyl sites for hydroxylation is 1. The highest BCUT2D eigenvalue weighted by atomic mass is 32.1. The summed E-state index contributed by atoms with van der Waals surface area (Å²) < 4.78 is 0. The molecule has 1 fully saturated rings. The summed E-state index contributed by atoms with van der Waals surface area (Å²) in [6, 6.07) is 0. The Balaban J connectivity index is 1.95. The third-order valence-corrected chi connectivity index (χ3v) is 6.25. The molecule has 2 aromatic rings. The second-order valence-corrected chi connectivity index (χ2v) is 7.59. The van der Waals surface area contributed by atoms with Crippen molar-refractivity contribution in [3.63, 3.8) is 0 Å². The minimum atomic E-state index is -0.448. The molecule has 23 heavy (non-hydrogen) atoms. The van der Waals surface area contributed by atoms with Crippen molar-refractivity contribution < 1.29 is 4.79 Å². The molecule has 122 valence electrons. The molecule has 5 N–H and O–H groups in total. The van der Waals surface area contributed by atoms with Gasteiger partial charge in [-0.2, -0.15) is 0 Å². The van der Waals surface area contributed by atoms with E-state index in [4.69, 9.17) is 16.5 Å².